The number of piperidine rings is 1. The molecule has 2 aliphatic rings. The molecular formula is C15H20N2. The lowest BCUT2D eigenvalue weighted by Crippen LogP contribution is -2.31. The van der Waals surface area contributed by atoms with Gasteiger partial charge in [0.1, 0.15) is 0 Å². The molecule has 2 nitrogen and oxygen atoms in total. The molecule has 90 valence electrons. The third kappa shape index (κ3) is 2.02. The van der Waals surface area contributed by atoms with E-state index in [-0.39, 0.29) is 0 Å². The van der Waals surface area contributed by atoms with Gasteiger partial charge < -0.3 is 4.90 Å². The molecule has 0 aromatic carbocycles. The van der Waals surface area contributed by atoms with Crippen LogP contribution in [-0.2, 0) is 0 Å². The highest BCUT2D eigenvalue weighted by Crippen LogP contribution is 2.55. The fraction of sp³-hybridized carbons (Fsp3) is 0.533. The summed E-state index contributed by atoms with van der Waals surface area (Å²) in [6.45, 7) is 11.3. The van der Waals surface area contributed by atoms with Crippen LogP contribution in [0.5, 0.6) is 0 Å². The second-order valence-corrected chi connectivity index (χ2v) is 5.34. The van der Waals surface area contributed by atoms with Crippen LogP contribution in [0.15, 0.2) is 36.1 Å². The average molecular weight is 228 g/mol. The zero-order valence-electron chi connectivity index (χ0n) is 10.9. The third-order valence-electron chi connectivity index (χ3n) is 3.89. The Labute approximate surface area is 104 Å². The van der Waals surface area contributed by atoms with E-state index in [1.165, 1.54) is 11.3 Å². The molecule has 1 saturated carbocycles. The van der Waals surface area contributed by atoms with E-state index in [1.807, 2.05) is 6.08 Å². The molecule has 2 fully saturated rings. The van der Waals surface area contributed by atoms with Crippen molar-refractivity contribution in [3.63, 3.8) is 0 Å². The van der Waals surface area contributed by atoms with Gasteiger partial charge in [-0.05, 0) is 38.8 Å². The molecule has 4 atom stereocenters. The van der Waals surface area contributed by atoms with E-state index < -0.39 is 0 Å². The molecule has 2 rings (SSSR count). The van der Waals surface area contributed by atoms with Crippen LogP contribution in [0.2, 0.25) is 0 Å². The predicted molar refractivity (Wildman–Crippen MR) is 70.0 cm³/mol. The topological polar surface area (TPSA) is 27.0 Å². The Kier molecular flexibility index (Phi) is 3.11. The van der Waals surface area contributed by atoms with Crippen LogP contribution in [0.25, 0.3) is 0 Å². The highest BCUT2D eigenvalue weighted by atomic mass is 15.2. The maximum atomic E-state index is 8.99. The minimum absolute atomic E-state index is 0.304. The van der Waals surface area contributed by atoms with Gasteiger partial charge in [0.2, 0.25) is 0 Å². The van der Waals surface area contributed by atoms with E-state index in [0.29, 0.717) is 23.8 Å². The number of allylic oxidation sites excluding steroid dienone is 4. The highest BCUT2D eigenvalue weighted by molar-refractivity contribution is 5.30. The number of hydrogen-bond acceptors (Lipinski definition) is 2. The predicted octanol–water partition coefficient (Wildman–Crippen LogP) is 3.11. The molecular weight excluding hydrogens is 208 g/mol. The quantitative estimate of drug-likeness (QED) is 0.694. The summed E-state index contributed by atoms with van der Waals surface area (Å²) >= 11 is 0. The maximum Gasteiger partial charge on any atom is 0.0663 e. The van der Waals surface area contributed by atoms with Crippen LogP contribution >= 0.6 is 0 Å². The first-order valence-corrected chi connectivity index (χ1v) is 6.24. The van der Waals surface area contributed by atoms with E-state index in [9.17, 15) is 0 Å². The van der Waals surface area contributed by atoms with Gasteiger partial charge >= 0.3 is 0 Å². The van der Waals surface area contributed by atoms with Crippen LogP contribution in [0.4, 0.5) is 0 Å². The number of hydrogen-bond donors (Lipinski definition) is 0. The molecule has 1 heterocycles. The Morgan fingerprint density at radius 1 is 1.47 bits per heavy atom. The lowest BCUT2D eigenvalue weighted by molar-refractivity contribution is 0.293. The van der Waals surface area contributed by atoms with E-state index in [2.05, 4.69) is 50.5 Å². The molecule has 4 unspecified atom stereocenters. The van der Waals surface area contributed by atoms with Crippen molar-refractivity contribution in [1.82, 2.24) is 4.90 Å². The summed E-state index contributed by atoms with van der Waals surface area (Å²) in [5, 5.41) is 8.99. The average Bonchev–Trinajstić information content (AvgIpc) is 2.87. The van der Waals surface area contributed by atoms with Crippen molar-refractivity contribution in [3.8, 4) is 6.07 Å². The van der Waals surface area contributed by atoms with Crippen LogP contribution in [0, 0.1) is 29.1 Å². The zero-order valence-corrected chi connectivity index (χ0v) is 10.9. The van der Waals surface area contributed by atoms with Crippen LogP contribution in [0.1, 0.15) is 20.8 Å². The molecule has 0 radical (unpaired) electrons. The van der Waals surface area contributed by atoms with Gasteiger partial charge in [-0.3, -0.25) is 0 Å². The molecule has 1 aliphatic heterocycles. The lowest BCUT2D eigenvalue weighted by Gasteiger charge is -2.28. The molecule has 0 spiro atoms. The second-order valence-electron chi connectivity index (χ2n) is 5.34. The third-order valence-corrected chi connectivity index (χ3v) is 3.89. The number of nitriles is 1. The SMILES string of the molecule is C=C/C=C(\C=C(C)C)N1CC2C(C#N)C2C1C. The van der Waals surface area contributed by atoms with Crippen molar-refractivity contribution >= 4 is 0 Å². The molecule has 2 heteroatoms. The van der Waals surface area contributed by atoms with Crippen molar-refractivity contribution in [1.29, 1.82) is 5.26 Å². The number of nitrogens with zero attached hydrogens (tertiary/aromatic N) is 2. The summed E-state index contributed by atoms with van der Waals surface area (Å²) in [7, 11) is 0. The van der Waals surface area contributed by atoms with Gasteiger partial charge in [0.15, 0.2) is 0 Å². The molecule has 1 saturated heterocycles. The molecule has 0 bridgehead atoms. The molecule has 0 aromatic heterocycles. The number of rotatable bonds is 3. The van der Waals surface area contributed by atoms with Crippen LogP contribution in [0.3, 0.4) is 0 Å². The molecule has 1 aliphatic carbocycles. The van der Waals surface area contributed by atoms with Crippen LogP contribution < -0.4 is 0 Å². The van der Waals surface area contributed by atoms with Crippen molar-refractivity contribution in [2.75, 3.05) is 6.54 Å². The minimum atomic E-state index is 0.304. The first-order chi connectivity index (χ1) is 8.10. The highest BCUT2D eigenvalue weighted by Gasteiger charge is 2.60. The Morgan fingerprint density at radius 3 is 2.59 bits per heavy atom. The van der Waals surface area contributed by atoms with E-state index >= 15 is 0 Å². The van der Waals surface area contributed by atoms with E-state index in [0.717, 1.165) is 6.54 Å². The lowest BCUT2D eigenvalue weighted by atomic mass is 10.1. The van der Waals surface area contributed by atoms with Crippen molar-refractivity contribution in [3.05, 3.63) is 36.1 Å². The van der Waals surface area contributed by atoms with Gasteiger partial charge in [0, 0.05) is 24.2 Å². The Balaban J connectivity index is 2.15. The maximum absolute atomic E-state index is 8.99. The first-order valence-electron chi connectivity index (χ1n) is 6.24. The number of likely N-dealkylation sites (tertiary alicyclic amines) is 1. The standard InChI is InChI=1S/C15H20N2/c1-5-6-12(7-10(2)3)17-9-14-13(8-16)15(14)11(17)4/h5-7,11,13-15H,1,9H2,2-4H3/b12-6+. The summed E-state index contributed by atoms with van der Waals surface area (Å²) in [6.07, 6.45) is 6.10. The minimum Gasteiger partial charge on any atom is -0.368 e. The monoisotopic (exact) mass is 228 g/mol. The van der Waals surface area contributed by atoms with Gasteiger partial charge in [-0.25, -0.2) is 0 Å². The molecule has 0 amide bonds. The van der Waals surface area contributed by atoms with Gasteiger partial charge in [-0.2, -0.15) is 5.26 Å². The van der Waals surface area contributed by atoms with E-state index in [4.69, 9.17) is 5.26 Å². The van der Waals surface area contributed by atoms with Gasteiger partial charge in [0.25, 0.3) is 0 Å². The Bertz CT molecular complexity index is 421. The summed E-state index contributed by atoms with van der Waals surface area (Å²) in [5.41, 5.74) is 2.53. The largest absolute Gasteiger partial charge is 0.368 e. The summed E-state index contributed by atoms with van der Waals surface area (Å²) in [6, 6.07) is 2.90. The summed E-state index contributed by atoms with van der Waals surface area (Å²) < 4.78 is 0. The number of fused-ring (bicyclic) bond motifs is 1. The van der Waals surface area contributed by atoms with Gasteiger partial charge in [-0.15, -0.1) is 0 Å². The fourth-order valence-corrected chi connectivity index (χ4v) is 3.06. The van der Waals surface area contributed by atoms with Crippen LogP contribution in [-0.4, -0.2) is 17.5 Å². The van der Waals surface area contributed by atoms with Gasteiger partial charge in [0.05, 0.1) is 12.0 Å². The summed E-state index contributed by atoms with van der Waals surface area (Å²) in [5.74, 6) is 1.48. The van der Waals surface area contributed by atoms with E-state index in [1.54, 1.807) is 0 Å². The Hall–Kier alpha value is -1.49. The zero-order chi connectivity index (χ0) is 12.6. The fourth-order valence-electron chi connectivity index (χ4n) is 3.06. The van der Waals surface area contributed by atoms with Crippen molar-refractivity contribution in [2.45, 2.75) is 26.8 Å². The smallest absolute Gasteiger partial charge is 0.0663 e. The first kappa shape index (κ1) is 12.0. The Morgan fingerprint density at radius 2 is 2.18 bits per heavy atom. The normalized spacial score (nSPS) is 34.9. The molecule has 0 aromatic rings. The molecule has 0 N–H and O–H groups in total. The van der Waals surface area contributed by atoms with Crippen molar-refractivity contribution < 1.29 is 0 Å². The second kappa shape index (κ2) is 4.41. The summed E-state index contributed by atoms with van der Waals surface area (Å²) in [4.78, 5) is 2.41. The van der Waals surface area contributed by atoms with Crippen molar-refractivity contribution in [2.24, 2.45) is 17.8 Å². The molecule has 17 heavy (non-hydrogen) atoms. The van der Waals surface area contributed by atoms with Gasteiger partial charge in [-0.1, -0.05) is 18.2 Å².